The fourth-order valence-corrected chi connectivity index (χ4v) is 1.81. The van der Waals surface area contributed by atoms with Gasteiger partial charge in [0.2, 0.25) is 17.7 Å². The minimum Gasteiger partial charge on any atom is -0.484 e. The number of hydrogen-bond acceptors (Lipinski definition) is 7. The van der Waals surface area contributed by atoms with Gasteiger partial charge in [-0.1, -0.05) is 0 Å². The van der Waals surface area contributed by atoms with Crippen molar-refractivity contribution in [2.45, 2.75) is 20.1 Å². The van der Waals surface area contributed by atoms with Crippen molar-refractivity contribution in [2.24, 2.45) is 0 Å². The van der Waals surface area contributed by atoms with Crippen LogP contribution in [0.3, 0.4) is 0 Å². The third kappa shape index (κ3) is 3.94. The van der Waals surface area contributed by atoms with Crippen molar-refractivity contribution in [3.63, 3.8) is 0 Å². The first-order chi connectivity index (χ1) is 11.6. The molecule has 0 saturated carbocycles. The average molecular weight is 332 g/mol. The molecule has 0 radical (unpaired) electrons. The number of amides is 1. The minimum absolute atomic E-state index is 0.0156. The second-order valence-electron chi connectivity index (χ2n) is 4.77. The van der Waals surface area contributed by atoms with Crippen molar-refractivity contribution in [1.82, 2.24) is 20.5 Å². The molecule has 0 fully saturated rings. The normalized spacial score (nSPS) is 10.6. The summed E-state index contributed by atoms with van der Waals surface area (Å²) >= 11 is 0. The summed E-state index contributed by atoms with van der Waals surface area (Å²) < 4.78 is 28.5. The molecule has 0 aliphatic carbocycles. The van der Waals surface area contributed by atoms with E-state index in [4.69, 9.17) is 13.6 Å². The number of nitrogens with zero attached hydrogens (tertiary/aromatic N) is 3. The SMILES string of the molecule is Cc1nnc(CNC(=O)c2coc(COc3ccc(F)cc3)n2)o1. The highest BCUT2D eigenvalue weighted by Crippen LogP contribution is 2.13. The van der Waals surface area contributed by atoms with Gasteiger partial charge < -0.3 is 18.9 Å². The van der Waals surface area contributed by atoms with Crippen LogP contribution in [0, 0.1) is 12.7 Å². The number of aromatic nitrogens is 3. The lowest BCUT2D eigenvalue weighted by Gasteiger charge is -2.02. The molecule has 1 N–H and O–H groups in total. The van der Waals surface area contributed by atoms with E-state index in [0.29, 0.717) is 17.5 Å². The molecule has 0 spiro atoms. The van der Waals surface area contributed by atoms with E-state index in [2.05, 4.69) is 20.5 Å². The molecule has 0 atom stereocenters. The molecule has 1 aromatic carbocycles. The Hall–Kier alpha value is -3.23. The highest BCUT2D eigenvalue weighted by Gasteiger charge is 2.13. The number of carbonyl (C=O) groups excluding carboxylic acids is 1. The van der Waals surface area contributed by atoms with Crippen molar-refractivity contribution < 1.29 is 22.8 Å². The van der Waals surface area contributed by atoms with E-state index in [-0.39, 0.29) is 30.6 Å². The fourth-order valence-electron chi connectivity index (χ4n) is 1.81. The summed E-state index contributed by atoms with van der Waals surface area (Å²) in [6.45, 7) is 1.76. The van der Waals surface area contributed by atoms with Gasteiger partial charge in [0.25, 0.3) is 5.91 Å². The fraction of sp³-hybridized carbons (Fsp3) is 0.200. The van der Waals surface area contributed by atoms with Crippen LogP contribution in [-0.2, 0) is 13.2 Å². The Balaban J connectivity index is 1.52. The minimum atomic E-state index is -0.442. The molecule has 9 heteroatoms. The summed E-state index contributed by atoms with van der Waals surface area (Å²) in [4.78, 5) is 16.0. The first-order valence-corrected chi connectivity index (χ1v) is 7.00. The number of rotatable bonds is 6. The van der Waals surface area contributed by atoms with E-state index in [0.717, 1.165) is 0 Å². The third-order valence-corrected chi connectivity index (χ3v) is 2.93. The number of benzene rings is 1. The molecule has 24 heavy (non-hydrogen) atoms. The molecule has 0 unspecified atom stereocenters. The summed E-state index contributed by atoms with van der Waals surface area (Å²) in [5.74, 6) is 0.604. The van der Waals surface area contributed by atoms with Gasteiger partial charge in [-0.25, -0.2) is 9.37 Å². The van der Waals surface area contributed by atoms with Crippen LogP contribution in [0.25, 0.3) is 0 Å². The number of aryl methyl sites for hydroxylation is 1. The molecule has 0 aliphatic heterocycles. The Morgan fingerprint density at radius 1 is 1.25 bits per heavy atom. The van der Waals surface area contributed by atoms with Crippen LogP contribution in [0.4, 0.5) is 4.39 Å². The Labute approximate surface area is 135 Å². The van der Waals surface area contributed by atoms with Crippen LogP contribution in [0.5, 0.6) is 5.75 Å². The summed E-state index contributed by atoms with van der Waals surface area (Å²) in [7, 11) is 0. The first-order valence-electron chi connectivity index (χ1n) is 7.00. The maximum atomic E-state index is 12.8. The molecular formula is C15H13FN4O4. The van der Waals surface area contributed by atoms with E-state index in [1.54, 1.807) is 6.92 Å². The van der Waals surface area contributed by atoms with Crippen molar-refractivity contribution in [3.8, 4) is 5.75 Å². The number of oxazole rings is 1. The number of ether oxygens (including phenoxy) is 1. The van der Waals surface area contributed by atoms with Crippen molar-refractivity contribution in [1.29, 1.82) is 0 Å². The maximum Gasteiger partial charge on any atom is 0.273 e. The van der Waals surface area contributed by atoms with E-state index in [9.17, 15) is 9.18 Å². The predicted octanol–water partition coefficient (Wildman–Crippen LogP) is 2.01. The van der Waals surface area contributed by atoms with Gasteiger partial charge >= 0.3 is 0 Å². The third-order valence-electron chi connectivity index (χ3n) is 2.93. The summed E-state index contributed by atoms with van der Waals surface area (Å²) in [5, 5.41) is 10.0. The van der Waals surface area contributed by atoms with E-state index < -0.39 is 5.91 Å². The van der Waals surface area contributed by atoms with Crippen LogP contribution >= 0.6 is 0 Å². The van der Waals surface area contributed by atoms with Crippen LogP contribution in [0.15, 0.2) is 39.4 Å². The second kappa shape index (κ2) is 6.90. The van der Waals surface area contributed by atoms with Gasteiger partial charge in [0.05, 0.1) is 6.54 Å². The molecular weight excluding hydrogens is 319 g/mol. The topological polar surface area (TPSA) is 103 Å². The van der Waals surface area contributed by atoms with Gasteiger partial charge in [-0.3, -0.25) is 4.79 Å². The zero-order chi connectivity index (χ0) is 16.9. The molecule has 8 nitrogen and oxygen atoms in total. The average Bonchev–Trinajstić information content (AvgIpc) is 3.21. The van der Waals surface area contributed by atoms with Gasteiger partial charge in [-0.05, 0) is 24.3 Å². The monoisotopic (exact) mass is 332 g/mol. The number of hydrogen-bond donors (Lipinski definition) is 1. The highest BCUT2D eigenvalue weighted by molar-refractivity contribution is 5.91. The van der Waals surface area contributed by atoms with Gasteiger partial charge in [-0.2, -0.15) is 0 Å². The van der Waals surface area contributed by atoms with Gasteiger partial charge in [0, 0.05) is 6.92 Å². The van der Waals surface area contributed by atoms with Crippen LogP contribution in [0.2, 0.25) is 0 Å². The quantitative estimate of drug-likeness (QED) is 0.736. The largest absolute Gasteiger partial charge is 0.484 e. The maximum absolute atomic E-state index is 12.8. The Kier molecular flexibility index (Phi) is 4.50. The molecule has 2 heterocycles. The molecule has 0 aliphatic rings. The first kappa shape index (κ1) is 15.7. The van der Waals surface area contributed by atoms with Crippen molar-refractivity contribution >= 4 is 5.91 Å². The lowest BCUT2D eigenvalue weighted by Crippen LogP contribution is -2.23. The summed E-state index contributed by atoms with van der Waals surface area (Å²) in [6, 6.07) is 5.53. The zero-order valence-corrected chi connectivity index (χ0v) is 12.7. The molecule has 1 amide bonds. The zero-order valence-electron chi connectivity index (χ0n) is 12.7. The molecule has 2 aromatic heterocycles. The molecule has 124 valence electrons. The van der Waals surface area contributed by atoms with Gasteiger partial charge in [-0.15, -0.1) is 10.2 Å². The van der Waals surface area contributed by atoms with E-state index >= 15 is 0 Å². The summed E-state index contributed by atoms with van der Waals surface area (Å²) in [5.41, 5.74) is 0.101. The molecule has 0 bridgehead atoms. The van der Waals surface area contributed by atoms with Crippen molar-refractivity contribution in [3.05, 3.63) is 59.7 Å². The van der Waals surface area contributed by atoms with Crippen molar-refractivity contribution in [2.75, 3.05) is 0 Å². The molecule has 3 aromatic rings. The molecule has 0 saturated heterocycles. The van der Waals surface area contributed by atoms with E-state index in [1.807, 2.05) is 0 Å². The predicted molar refractivity (Wildman–Crippen MR) is 77.4 cm³/mol. The lowest BCUT2D eigenvalue weighted by atomic mass is 10.3. The molecule has 3 rings (SSSR count). The smallest absolute Gasteiger partial charge is 0.273 e. The Morgan fingerprint density at radius 2 is 2.04 bits per heavy atom. The second-order valence-corrected chi connectivity index (χ2v) is 4.77. The highest BCUT2D eigenvalue weighted by atomic mass is 19.1. The van der Waals surface area contributed by atoms with E-state index in [1.165, 1.54) is 30.5 Å². The summed E-state index contributed by atoms with van der Waals surface area (Å²) in [6.07, 6.45) is 1.22. The van der Waals surface area contributed by atoms with Crippen LogP contribution in [0.1, 0.15) is 28.2 Å². The standard InChI is InChI=1S/C15H13FN4O4/c1-9-19-20-13(24-9)6-17-15(21)12-7-23-14(18-12)8-22-11-4-2-10(16)3-5-11/h2-5,7H,6,8H2,1H3,(H,17,21). The van der Waals surface area contributed by atoms with Gasteiger partial charge in [0.15, 0.2) is 12.3 Å². The van der Waals surface area contributed by atoms with Crippen LogP contribution < -0.4 is 10.1 Å². The van der Waals surface area contributed by atoms with Gasteiger partial charge in [0.1, 0.15) is 17.8 Å². The Morgan fingerprint density at radius 3 is 2.75 bits per heavy atom. The number of halogens is 1. The number of nitrogens with one attached hydrogen (secondary N) is 1. The Bertz CT molecular complexity index is 828. The number of carbonyl (C=O) groups is 1. The van der Waals surface area contributed by atoms with Crippen LogP contribution in [-0.4, -0.2) is 21.1 Å². The lowest BCUT2D eigenvalue weighted by molar-refractivity contribution is 0.0942.